The molecule has 2 aromatic rings. The second-order valence-electron chi connectivity index (χ2n) is 6.58. The number of aliphatic hydroxyl groups is 1. The molecule has 0 aromatic carbocycles. The maximum absolute atomic E-state index is 14.8. The van der Waals surface area contributed by atoms with Gasteiger partial charge in [0, 0.05) is 13.3 Å². The van der Waals surface area contributed by atoms with E-state index >= 15 is 0 Å². The molecule has 1 amide bonds. The third-order valence-corrected chi connectivity index (χ3v) is 4.32. The smallest absolute Gasteiger partial charge is 0.306 e. The summed E-state index contributed by atoms with van der Waals surface area (Å²) in [5.74, 6) is -1.17. The van der Waals surface area contributed by atoms with Crippen LogP contribution in [0.25, 0.3) is 11.2 Å². The van der Waals surface area contributed by atoms with Crippen molar-refractivity contribution in [2.75, 3.05) is 11.9 Å². The van der Waals surface area contributed by atoms with Crippen molar-refractivity contribution in [2.45, 2.75) is 51.3 Å². The highest BCUT2D eigenvalue weighted by molar-refractivity contribution is 5.95. The SMILES string of the molecule is CC(=O)CCC(=O)OC1C(F)[C@@H](CO)O[C@H]1n1cnc2c(NC(C)=O)ncnc21. The van der Waals surface area contributed by atoms with Gasteiger partial charge in [0.15, 0.2) is 35.5 Å². The molecule has 0 spiro atoms. The number of Topliss-reactive ketones (excluding diaryl/α,β-unsaturated/α-hetero) is 1. The summed E-state index contributed by atoms with van der Waals surface area (Å²) in [6, 6.07) is 0. The normalized spacial score (nSPS) is 23.9. The van der Waals surface area contributed by atoms with Crippen LogP contribution in [0.15, 0.2) is 12.7 Å². The molecule has 29 heavy (non-hydrogen) atoms. The third-order valence-electron chi connectivity index (χ3n) is 4.32. The summed E-state index contributed by atoms with van der Waals surface area (Å²) >= 11 is 0. The first-order valence-electron chi connectivity index (χ1n) is 8.86. The quantitative estimate of drug-likeness (QED) is 0.616. The monoisotopic (exact) mass is 409 g/mol. The van der Waals surface area contributed by atoms with Crippen molar-refractivity contribution in [3.63, 3.8) is 0 Å². The van der Waals surface area contributed by atoms with Crippen LogP contribution in [0.1, 0.15) is 32.9 Å². The van der Waals surface area contributed by atoms with E-state index in [0.29, 0.717) is 0 Å². The molecule has 156 valence electrons. The number of hydrogen-bond donors (Lipinski definition) is 2. The lowest BCUT2D eigenvalue weighted by atomic mass is 10.1. The molecular weight excluding hydrogens is 389 g/mol. The molecule has 2 N–H and O–H groups in total. The Morgan fingerprint density at radius 1 is 1.28 bits per heavy atom. The number of halogens is 1. The van der Waals surface area contributed by atoms with Crippen molar-refractivity contribution in [1.29, 1.82) is 0 Å². The molecule has 0 saturated carbocycles. The van der Waals surface area contributed by atoms with Crippen molar-refractivity contribution in [1.82, 2.24) is 19.5 Å². The predicted octanol–water partition coefficient (Wildman–Crippen LogP) is 0.293. The number of carbonyl (C=O) groups excluding carboxylic acids is 3. The van der Waals surface area contributed by atoms with Crippen LogP contribution in [0.3, 0.4) is 0 Å². The van der Waals surface area contributed by atoms with E-state index in [9.17, 15) is 23.9 Å². The van der Waals surface area contributed by atoms with Crippen LogP contribution in [0, 0.1) is 0 Å². The molecule has 1 aliphatic rings. The molecule has 1 fully saturated rings. The number of anilines is 1. The van der Waals surface area contributed by atoms with E-state index in [0.717, 1.165) is 0 Å². The standard InChI is InChI=1S/C17H20FN5O6/c1-8(25)3-4-11(27)29-14-12(18)10(5-24)28-17(14)23-7-21-13-15(22-9(2)26)19-6-20-16(13)23/h6-7,10,12,14,17,24H,3-5H2,1-2H3,(H,19,20,22,26)/t10-,12?,14?,17-/m1/s1. The van der Waals surface area contributed by atoms with Gasteiger partial charge in [0.2, 0.25) is 5.91 Å². The minimum absolute atomic E-state index is 0.0290. The number of alkyl halides is 1. The molecule has 11 nitrogen and oxygen atoms in total. The number of imidazole rings is 1. The molecule has 0 aliphatic carbocycles. The third kappa shape index (κ3) is 4.38. The van der Waals surface area contributed by atoms with Gasteiger partial charge in [-0.2, -0.15) is 0 Å². The van der Waals surface area contributed by atoms with Crippen molar-refractivity contribution < 1.29 is 33.4 Å². The van der Waals surface area contributed by atoms with E-state index in [1.54, 1.807) is 0 Å². The van der Waals surface area contributed by atoms with Gasteiger partial charge in [0.25, 0.3) is 0 Å². The largest absolute Gasteiger partial charge is 0.454 e. The Hall–Kier alpha value is -2.99. The molecule has 4 atom stereocenters. The minimum Gasteiger partial charge on any atom is -0.454 e. The first-order chi connectivity index (χ1) is 13.8. The van der Waals surface area contributed by atoms with Crippen LogP contribution in [0.4, 0.5) is 10.2 Å². The summed E-state index contributed by atoms with van der Waals surface area (Å²) in [5.41, 5.74) is 0.445. The number of ketones is 1. The van der Waals surface area contributed by atoms with E-state index in [2.05, 4.69) is 20.3 Å². The van der Waals surface area contributed by atoms with E-state index < -0.39 is 37.2 Å². The van der Waals surface area contributed by atoms with E-state index in [1.807, 2.05) is 0 Å². The van der Waals surface area contributed by atoms with Crippen LogP contribution >= 0.6 is 0 Å². The van der Waals surface area contributed by atoms with Gasteiger partial charge in [-0.1, -0.05) is 0 Å². The Bertz CT molecular complexity index is 934. The van der Waals surface area contributed by atoms with Crippen molar-refractivity contribution >= 4 is 34.6 Å². The second kappa shape index (κ2) is 8.57. The van der Waals surface area contributed by atoms with Crippen molar-refractivity contribution in [3.8, 4) is 0 Å². The molecule has 2 aromatic heterocycles. The zero-order chi connectivity index (χ0) is 21.1. The molecule has 2 unspecified atom stereocenters. The van der Waals surface area contributed by atoms with Crippen molar-refractivity contribution in [2.24, 2.45) is 0 Å². The average Bonchev–Trinajstić information content (AvgIpc) is 3.22. The number of rotatable bonds is 7. The number of nitrogens with one attached hydrogen (secondary N) is 1. The van der Waals surface area contributed by atoms with Gasteiger partial charge in [-0.3, -0.25) is 14.2 Å². The number of ether oxygens (including phenoxy) is 2. The number of aromatic nitrogens is 4. The summed E-state index contributed by atoms with van der Waals surface area (Å²) in [6.45, 7) is 2.01. The van der Waals surface area contributed by atoms with Gasteiger partial charge in [-0.25, -0.2) is 19.3 Å². The lowest BCUT2D eigenvalue weighted by Gasteiger charge is -2.21. The minimum atomic E-state index is -1.81. The summed E-state index contributed by atoms with van der Waals surface area (Å²) in [4.78, 5) is 46.6. The number of aliphatic hydroxyl groups excluding tert-OH is 1. The number of amides is 1. The number of nitrogens with zero attached hydrogens (tertiary/aromatic N) is 4. The van der Waals surface area contributed by atoms with E-state index in [1.165, 1.54) is 31.1 Å². The van der Waals surface area contributed by atoms with Gasteiger partial charge in [-0.15, -0.1) is 0 Å². The van der Waals surface area contributed by atoms with E-state index in [4.69, 9.17) is 9.47 Å². The molecule has 3 rings (SSSR count). The Balaban J connectivity index is 1.91. The van der Waals surface area contributed by atoms with Crippen LogP contribution in [-0.4, -0.2) is 67.3 Å². The topological polar surface area (TPSA) is 146 Å². The zero-order valence-corrected chi connectivity index (χ0v) is 15.7. The van der Waals surface area contributed by atoms with Gasteiger partial charge < -0.3 is 24.7 Å². The molecule has 1 saturated heterocycles. The van der Waals surface area contributed by atoms with Crippen LogP contribution < -0.4 is 5.32 Å². The highest BCUT2D eigenvalue weighted by atomic mass is 19.1. The van der Waals surface area contributed by atoms with E-state index in [-0.39, 0.29) is 41.5 Å². The number of hydrogen-bond acceptors (Lipinski definition) is 9. The second-order valence-corrected chi connectivity index (χ2v) is 6.58. The van der Waals surface area contributed by atoms with Crippen LogP contribution in [0.2, 0.25) is 0 Å². The molecule has 12 heteroatoms. The summed E-state index contributed by atoms with van der Waals surface area (Å²) < 4.78 is 26.9. The Labute approximate surface area is 164 Å². The predicted molar refractivity (Wildman–Crippen MR) is 95.3 cm³/mol. The Morgan fingerprint density at radius 2 is 2.03 bits per heavy atom. The first-order valence-corrected chi connectivity index (χ1v) is 8.86. The molecule has 0 bridgehead atoms. The Kier molecular flexibility index (Phi) is 6.13. The zero-order valence-electron chi connectivity index (χ0n) is 15.7. The summed E-state index contributed by atoms with van der Waals surface area (Å²) in [7, 11) is 0. The fraction of sp³-hybridized carbons (Fsp3) is 0.529. The number of esters is 1. The van der Waals surface area contributed by atoms with Gasteiger partial charge >= 0.3 is 5.97 Å². The Morgan fingerprint density at radius 3 is 2.69 bits per heavy atom. The molecule has 3 heterocycles. The lowest BCUT2D eigenvalue weighted by Crippen LogP contribution is -2.34. The summed E-state index contributed by atoms with van der Waals surface area (Å²) in [5, 5.41) is 11.9. The van der Waals surface area contributed by atoms with Crippen LogP contribution in [-0.2, 0) is 23.9 Å². The first kappa shape index (κ1) is 20.7. The number of carbonyl (C=O) groups is 3. The maximum atomic E-state index is 14.8. The van der Waals surface area contributed by atoms with Crippen molar-refractivity contribution in [3.05, 3.63) is 12.7 Å². The van der Waals surface area contributed by atoms with Gasteiger partial charge in [0.05, 0.1) is 19.4 Å². The fourth-order valence-electron chi connectivity index (χ4n) is 2.98. The molecule has 1 aliphatic heterocycles. The lowest BCUT2D eigenvalue weighted by molar-refractivity contribution is -0.157. The maximum Gasteiger partial charge on any atom is 0.306 e. The summed E-state index contributed by atoms with van der Waals surface area (Å²) in [6.07, 6.45) is -3.33. The van der Waals surface area contributed by atoms with Crippen LogP contribution in [0.5, 0.6) is 0 Å². The highest BCUT2D eigenvalue weighted by Gasteiger charge is 2.49. The number of fused-ring (bicyclic) bond motifs is 1. The average molecular weight is 409 g/mol. The van der Waals surface area contributed by atoms with Gasteiger partial charge in [0.1, 0.15) is 18.2 Å². The highest BCUT2D eigenvalue weighted by Crippen LogP contribution is 2.36. The molecular formula is C17H20FN5O6. The molecule has 0 radical (unpaired) electrons. The fourth-order valence-corrected chi connectivity index (χ4v) is 2.98. The van der Waals surface area contributed by atoms with Gasteiger partial charge in [-0.05, 0) is 6.92 Å².